The van der Waals surface area contributed by atoms with E-state index in [1.54, 1.807) is 0 Å². The molecule has 0 aromatic rings. The number of allylic oxidation sites excluding steroid dienone is 2. The molecular weight excluding hydrogens is 114 g/mol. The summed E-state index contributed by atoms with van der Waals surface area (Å²) < 4.78 is 0. The van der Waals surface area contributed by atoms with E-state index in [4.69, 9.17) is 0 Å². The molecule has 0 N–H and O–H groups in total. The summed E-state index contributed by atoms with van der Waals surface area (Å²) >= 11 is 0. The summed E-state index contributed by atoms with van der Waals surface area (Å²) in [5.41, 5.74) is 0. The Morgan fingerprint density at radius 3 is 2.44 bits per heavy atom. The van der Waals surface area contributed by atoms with Crippen LogP contribution in [0.2, 0.25) is 0 Å². The summed E-state index contributed by atoms with van der Waals surface area (Å²) in [4.78, 5) is 10.0. The molecule has 0 aromatic carbocycles. The van der Waals surface area contributed by atoms with Crippen molar-refractivity contribution < 1.29 is 0 Å². The van der Waals surface area contributed by atoms with E-state index < -0.39 is 0 Å². The first-order valence-corrected chi connectivity index (χ1v) is 3.02. The fraction of sp³-hybridized carbons (Fsp3) is 0.429. The molecule has 2 nitrogen and oxygen atoms in total. The highest BCUT2D eigenvalue weighted by Crippen LogP contribution is 2.13. The van der Waals surface area contributed by atoms with Crippen molar-refractivity contribution in [1.29, 1.82) is 0 Å². The minimum atomic E-state index is -0.144. The van der Waals surface area contributed by atoms with Crippen molar-refractivity contribution in [3.05, 3.63) is 29.2 Å². The predicted molar refractivity (Wildman–Crippen MR) is 37.0 cm³/mol. The van der Waals surface area contributed by atoms with Gasteiger partial charge in [-0.25, -0.2) is 0 Å². The first-order valence-electron chi connectivity index (χ1n) is 3.02. The van der Waals surface area contributed by atoms with Crippen molar-refractivity contribution in [2.75, 3.05) is 0 Å². The van der Waals surface area contributed by atoms with Gasteiger partial charge in [0.25, 0.3) is 0 Å². The van der Waals surface area contributed by atoms with Gasteiger partial charge in [-0.3, -0.25) is 0 Å². The Morgan fingerprint density at radius 1 is 1.33 bits per heavy atom. The van der Waals surface area contributed by atoms with Gasteiger partial charge < -0.3 is 0 Å². The van der Waals surface area contributed by atoms with Gasteiger partial charge in [-0.15, -0.1) is 0 Å². The van der Waals surface area contributed by atoms with Gasteiger partial charge in [0.2, 0.25) is 0 Å². The molecule has 2 heteroatoms. The van der Waals surface area contributed by atoms with Crippen LogP contribution in [-0.2, 0) is 0 Å². The standard InChI is InChI=1S/C7H9NO/c1-6-4-2-3-5-7(6)8-9/h2-7H,1H3. The third-order valence-corrected chi connectivity index (χ3v) is 1.49. The van der Waals surface area contributed by atoms with Crippen LogP contribution in [0.3, 0.4) is 0 Å². The average Bonchev–Trinajstić information content (AvgIpc) is 1.89. The van der Waals surface area contributed by atoms with E-state index in [9.17, 15) is 4.91 Å². The molecule has 0 saturated carbocycles. The molecule has 0 aliphatic heterocycles. The molecule has 0 heterocycles. The van der Waals surface area contributed by atoms with E-state index >= 15 is 0 Å². The summed E-state index contributed by atoms with van der Waals surface area (Å²) in [6, 6.07) is -0.144. The number of nitroso groups, excluding NO2 is 1. The second-order valence-corrected chi connectivity index (χ2v) is 2.22. The largest absolute Gasteiger partial charge is 0.150 e. The highest BCUT2D eigenvalue weighted by Gasteiger charge is 2.12. The van der Waals surface area contributed by atoms with E-state index in [2.05, 4.69) is 5.18 Å². The third-order valence-electron chi connectivity index (χ3n) is 1.49. The molecule has 2 unspecified atom stereocenters. The van der Waals surface area contributed by atoms with E-state index in [1.807, 2.05) is 31.2 Å². The fourth-order valence-electron chi connectivity index (χ4n) is 0.838. The highest BCUT2D eigenvalue weighted by molar-refractivity contribution is 5.16. The van der Waals surface area contributed by atoms with Crippen molar-refractivity contribution >= 4 is 0 Å². The van der Waals surface area contributed by atoms with Crippen LogP contribution in [0.4, 0.5) is 0 Å². The maximum absolute atomic E-state index is 10.0. The molecular formula is C7H9NO. The molecule has 1 aliphatic carbocycles. The first kappa shape index (κ1) is 6.20. The lowest BCUT2D eigenvalue weighted by molar-refractivity contribution is 0.623. The molecule has 0 amide bonds. The number of rotatable bonds is 1. The Hall–Kier alpha value is -0.920. The van der Waals surface area contributed by atoms with Gasteiger partial charge in [0.05, 0.1) is 0 Å². The van der Waals surface area contributed by atoms with Crippen LogP contribution >= 0.6 is 0 Å². The monoisotopic (exact) mass is 123 g/mol. The van der Waals surface area contributed by atoms with Crippen molar-refractivity contribution in [3.63, 3.8) is 0 Å². The average molecular weight is 123 g/mol. The molecule has 1 rings (SSSR count). The molecule has 0 bridgehead atoms. The van der Waals surface area contributed by atoms with Crippen molar-refractivity contribution in [2.24, 2.45) is 11.1 Å². The van der Waals surface area contributed by atoms with Crippen LogP contribution in [0.5, 0.6) is 0 Å². The topological polar surface area (TPSA) is 29.4 Å². The van der Waals surface area contributed by atoms with Crippen molar-refractivity contribution in [3.8, 4) is 0 Å². The van der Waals surface area contributed by atoms with Crippen LogP contribution < -0.4 is 0 Å². The maximum Gasteiger partial charge on any atom is 0.116 e. The van der Waals surface area contributed by atoms with Gasteiger partial charge in [-0.1, -0.05) is 36.4 Å². The summed E-state index contributed by atoms with van der Waals surface area (Å²) in [6.07, 6.45) is 7.59. The van der Waals surface area contributed by atoms with Gasteiger partial charge in [0, 0.05) is 5.92 Å². The zero-order valence-corrected chi connectivity index (χ0v) is 5.32. The number of nitrogens with zero attached hydrogens (tertiary/aromatic N) is 1. The Labute approximate surface area is 54.2 Å². The van der Waals surface area contributed by atoms with Crippen LogP contribution in [-0.4, -0.2) is 6.04 Å². The quantitative estimate of drug-likeness (QED) is 0.489. The second-order valence-electron chi connectivity index (χ2n) is 2.22. The van der Waals surface area contributed by atoms with Gasteiger partial charge in [0.1, 0.15) is 6.04 Å². The highest BCUT2D eigenvalue weighted by atomic mass is 16.3. The van der Waals surface area contributed by atoms with E-state index in [-0.39, 0.29) is 12.0 Å². The lowest BCUT2D eigenvalue weighted by Gasteiger charge is -2.10. The number of hydrogen-bond acceptors (Lipinski definition) is 2. The van der Waals surface area contributed by atoms with Crippen LogP contribution in [0.25, 0.3) is 0 Å². The summed E-state index contributed by atoms with van der Waals surface area (Å²) in [5.74, 6) is 0.271. The van der Waals surface area contributed by atoms with Crippen molar-refractivity contribution in [2.45, 2.75) is 13.0 Å². The SMILES string of the molecule is CC1C=CC=CC1N=O. The Bertz CT molecular complexity index is 160. The van der Waals surface area contributed by atoms with Gasteiger partial charge in [0.15, 0.2) is 0 Å². The van der Waals surface area contributed by atoms with E-state index in [1.165, 1.54) is 0 Å². The fourth-order valence-corrected chi connectivity index (χ4v) is 0.838. The molecule has 0 saturated heterocycles. The smallest absolute Gasteiger partial charge is 0.116 e. The minimum Gasteiger partial charge on any atom is -0.150 e. The molecule has 0 aromatic heterocycles. The molecule has 0 fully saturated rings. The van der Waals surface area contributed by atoms with Crippen LogP contribution in [0.1, 0.15) is 6.92 Å². The molecule has 9 heavy (non-hydrogen) atoms. The lowest BCUT2D eigenvalue weighted by atomic mass is 9.98. The van der Waals surface area contributed by atoms with Crippen LogP contribution in [0, 0.1) is 10.8 Å². The zero-order chi connectivity index (χ0) is 6.69. The molecule has 0 spiro atoms. The van der Waals surface area contributed by atoms with Gasteiger partial charge in [-0.05, 0) is 0 Å². The Morgan fingerprint density at radius 2 is 2.00 bits per heavy atom. The minimum absolute atomic E-state index is 0.144. The lowest BCUT2D eigenvalue weighted by Crippen LogP contribution is -2.11. The van der Waals surface area contributed by atoms with E-state index in [0.717, 1.165) is 0 Å². The second kappa shape index (κ2) is 2.58. The maximum atomic E-state index is 10.0. The van der Waals surface area contributed by atoms with E-state index in [0.29, 0.717) is 0 Å². The predicted octanol–water partition coefficient (Wildman–Crippen LogP) is 1.88. The van der Waals surface area contributed by atoms with Crippen LogP contribution in [0.15, 0.2) is 29.5 Å². The van der Waals surface area contributed by atoms with Crippen molar-refractivity contribution in [1.82, 2.24) is 0 Å². The normalized spacial score (nSPS) is 32.6. The van der Waals surface area contributed by atoms with Gasteiger partial charge in [-0.2, -0.15) is 4.91 Å². The summed E-state index contributed by atoms with van der Waals surface area (Å²) in [7, 11) is 0. The first-order chi connectivity index (χ1) is 4.34. The summed E-state index contributed by atoms with van der Waals surface area (Å²) in [6.45, 7) is 1.98. The molecule has 48 valence electrons. The third kappa shape index (κ3) is 1.25. The molecule has 2 atom stereocenters. The summed E-state index contributed by atoms with van der Waals surface area (Å²) in [5, 5.41) is 2.94. The molecule has 0 radical (unpaired) electrons. The zero-order valence-electron chi connectivity index (χ0n) is 5.32. The number of hydrogen-bond donors (Lipinski definition) is 0. The van der Waals surface area contributed by atoms with Gasteiger partial charge >= 0.3 is 0 Å². The Kier molecular flexibility index (Phi) is 1.78. The Balaban J connectivity index is 2.65. The molecule has 1 aliphatic rings.